The molecule has 4 nitrogen and oxygen atoms in total. The molecule has 6 heteroatoms. The number of nitrogens with one attached hydrogen (secondary N) is 3. The van der Waals surface area contributed by atoms with Gasteiger partial charge in [-0.1, -0.05) is 17.7 Å². The second-order valence-electron chi connectivity index (χ2n) is 6.18. The normalized spacial score (nSPS) is 10.8. The number of methoxy groups -OCH3 is 1. The Kier molecular flexibility index (Phi) is 5.69. The molecular formula is C20H22ClN3OS. The number of aromatic nitrogens is 1. The van der Waals surface area contributed by atoms with Crippen LogP contribution in [0.15, 0.2) is 36.4 Å². The van der Waals surface area contributed by atoms with Gasteiger partial charge in [-0.15, -0.1) is 0 Å². The van der Waals surface area contributed by atoms with Crippen molar-refractivity contribution in [3.8, 4) is 5.75 Å². The molecule has 0 aliphatic rings. The van der Waals surface area contributed by atoms with Crippen LogP contribution in [0.3, 0.4) is 0 Å². The van der Waals surface area contributed by atoms with Crippen LogP contribution in [0, 0.1) is 13.8 Å². The Hall–Kier alpha value is -2.24. The van der Waals surface area contributed by atoms with Crippen molar-refractivity contribution in [3.63, 3.8) is 0 Å². The summed E-state index contributed by atoms with van der Waals surface area (Å²) in [5.41, 5.74) is 5.46. The lowest BCUT2D eigenvalue weighted by molar-refractivity contribution is 0.415. The van der Waals surface area contributed by atoms with Crippen molar-refractivity contribution >= 4 is 45.5 Å². The molecule has 0 fully saturated rings. The molecule has 136 valence electrons. The second kappa shape index (κ2) is 7.98. The Morgan fingerprint density at radius 1 is 1.23 bits per heavy atom. The number of fused-ring (bicyclic) bond motifs is 1. The van der Waals surface area contributed by atoms with Crippen LogP contribution in [0.25, 0.3) is 10.9 Å². The van der Waals surface area contributed by atoms with Crippen LogP contribution in [0.1, 0.15) is 16.8 Å². The standard InChI is InChI=1S/C20H22ClN3OS/c1-12-17(21)5-4-6-18(12)24-20(26)22-10-9-15-13(2)23-19-8-7-14(25-3)11-16(15)19/h4-8,11,23H,9-10H2,1-3H3,(H2,22,24,26). The summed E-state index contributed by atoms with van der Waals surface area (Å²) in [7, 11) is 1.68. The van der Waals surface area contributed by atoms with E-state index in [-0.39, 0.29) is 0 Å². The van der Waals surface area contributed by atoms with Crippen molar-refractivity contribution in [2.45, 2.75) is 20.3 Å². The summed E-state index contributed by atoms with van der Waals surface area (Å²) >= 11 is 11.6. The minimum atomic E-state index is 0.588. The smallest absolute Gasteiger partial charge is 0.170 e. The van der Waals surface area contributed by atoms with E-state index in [1.165, 1.54) is 16.6 Å². The molecular weight excluding hydrogens is 366 g/mol. The lowest BCUT2D eigenvalue weighted by Gasteiger charge is -2.13. The van der Waals surface area contributed by atoms with Crippen LogP contribution in [0.2, 0.25) is 5.02 Å². The number of anilines is 1. The minimum Gasteiger partial charge on any atom is -0.497 e. The van der Waals surface area contributed by atoms with Crippen LogP contribution in [-0.2, 0) is 6.42 Å². The summed E-state index contributed by atoms with van der Waals surface area (Å²) in [5, 5.41) is 8.98. The summed E-state index contributed by atoms with van der Waals surface area (Å²) in [6.07, 6.45) is 0.856. The second-order valence-corrected chi connectivity index (χ2v) is 7.00. The Labute approximate surface area is 163 Å². The van der Waals surface area contributed by atoms with Crippen molar-refractivity contribution in [1.29, 1.82) is 0 Å². The molecule has 26 heavy (non-hydrogen) atoms. The van der Waals surface area contributed by atoms with Gasteiger partial charge in [0.25, 0.3) is 0 Å². The quantitative estimate of drug-likeness (QED) is 0.540. The van der Waals surface area contributed by atoms with Crippen molar-refractivity contribution < 1.29 is 4.74 Å². The van der Waals surface area contributed by atoms with Crippen molar-refractivity contribution in [2.24, 2.45) is 0 Å². The molecule has 3 rings (SSSR count). The number of H-pyrrole nitrogens is 1. The number of aryl methyl sites for hydroxylation is 1. The monoisotopic (exact) mass is 387 g/mol. The Balaban J connectivity index is 1.64. The molecule has 0 amide bonds. The fraction of sp³-hybridized carbons (Fsp3) is 0.250. The first-order chi connectivity index (χ1) is 12.5. The van der Waals surface area contributed by atoms with Gasteiger partial charge in [-0.3, -0.25) is 0 Å². The Bertz CT molecular complexity index is 952. The summed E-state index contributed by atoms with van der Waals surface area (Å²) in [6, 6.07) is 11.8. The molecule has 0 radical (unpaired) electrons. The SMILES string of the molecule is COc1ccc2[nH]c(C)c(CCNC(=S)Nc3cccc(Cl)c3C)c2c1. The number of rotatable bonds is 5. The number of thiocarbonyl (C=S) groups is 1. The molecule has 0 aliphatic carbocycles. The van der Waals surface area contributed by atoms with Crippen molar-refractivity contribution in [2.75, 3.05) is 19.0 Å². The van der Waals surface area contributed by atoms with Gasteiger partial charge in [0.05, 0.1) is 7.11 Å². The van der Waals surface area contributed by atoms with Crippen molar-refractivity contribution in [3.05, 3.63) is 58.2 Å². The summed E-state index contributed by atoms with van der Waals surface area (Å²) in [6.45, 7) is 4.79. The average Bonchev–Trinajstić information content (AvgIpc) is 2.93. The maximum atomic E-state index is 6.15. The molecule has 0 aliphatic heterocycles. The van der Waals surface area contributed by atoms with E-state index in [0.717, 1.165) is 40.5 Å². The number of hydrogen-bond donors (Lipinski definition) is 3. The molecule has 0 spiro atoms. The number of ether oxygens (including phenoxy) is 1. The number of benzene rings is 2. The van der Waals surface area contributed by atoms with Gasteiger partial charge in [0, 0.05) is 33.9 Å². The predicted octanol–water partition coefficient (Wildman–Crippen LogP) is 4.98. The molecule has 0 unspecified atom stereocenters. The van der Waals surface area contributed by atoms with Crippen LogP contribution in [-0.4, -0.2) is 23.8 Å². The highest BCUT2D eigenvalue weighted by molar-refractivity contribution is 7.80. The lowest BCUT2D eigenvalue weighted by Crippen LogP contribution is -2.30. The first-order valence-electron chi connectivity index (χ1n) is 8.44. The summed E-state index contributed by atoms with van der Waals surface area (Å²) < 4.78 is 5.35. The van der Waals surface area contributed by atoms with Gasteiger partial charge < -0.3 is 20.4 Å². The van der Waals surface area contributed by atoms with Crippen LogP contribution >= 0.6 is 23.8 Å². The molecule has 1 aromatic heterocycles. The van der Waals surface area contributed by atoms with E-state index in [9.17, 15) is 0 Å². The number of halogens is 1. The summed E-state index contributed by atoms with van der Waals surface area (Å²) in [4.78, 5) is 3.42. The van der Waals surface area contributed by atoms with Crippen LogP contribution in [0.5, 0.6) is 5.75 Å². The molecule has 0 saturated carbocycles. The first-order valence-corrected chi connectivity index (χ1v) is 9.23. The van der Waals surface area contributed by atoms with E-state index in [1.807, 2.05) is 37.3 Å². The zero-order chi connectivity index (χ0) is 18.7. The summed E-state index contributed by atoms with van der Waals surface area (Å²) in [5.74, 6) is 0.860. The highest BCUT2D eigenvalue weighted by atomic mass is 35.5. The van der Waals surface area contributed by atoms with E-state index in [2.05, 4.69) is 28.6 Å². The van der Waals surface area contributed by atoms with Crippen LogP contribution < -0.4 is 15.4 Å². The van der Waals surface area contributed by atoms with Gasteiger partial charge in [0.1, 0.15) is 5.75 Å². The molecule has 0 bridgehead atoms. The third-order valence-electron chi connectivity index (χ3n) is 4.50. The van der Waals surface area contributed by atoms with Gasteiger partial charge in [-0.25, -0.2) is 0 Å². The zero-order valence-electron chi connectivity index (χ0n) is 15.1. The first kappa shape index (κ1) is 18.5. The molecule has 2 aromatic carbocycles. The zero-order valence-corrected chi connectivity index (χ0v) is 16.6. The van der Waals surface area contributed by atoms with Crippen molar-refractivity contribution in [1.82, 2.24) is 10.3 Å². The fourth-order valence-electron chi connectivity index (χ4n) is 3.02. The molecule has 3 N–H and O–H groups in total. The molecule has 0 atom stereocenters. The third-order valence-corrected chi connectivity index (χ3v) is 5.16. The van der Waals surface area contributed by atoms with Gasteiger partial charge in [0.2, 0.25) is 0 Å². The lowest BCUT2D eigenvalue weighted by atomic mass is 10.1. The van der Waals surface area contributed by atoms with Gasteiger partial charge >= 0.3 is 0 Å². The largest absolute Gasteiger partial charge is 0.497 e. The highest BCUT2D eigenvalue weighted by Crippen LogP contribution is 2.26. The van der Waals surface area contributed by atoms with Gasteiger partial charge in [0.15, 0.2) is 5.11 Å². The molecule has 0 saturated heterocycles. The third kappa shape index (κ3) is 3.94. The molecule has 1 heterocycles. The van der Waals surface area contributed by atoms with E-state index in [1.54, 1.807) is 7.11 Å². The highest BCUT2D eigenvalue weighted by Gasteiger charge is 2.10. The maximum Gasteiger partial charge on any atom is 0.170 e. The van der Waals surface area contributed by atoms with Gasteiger partial charge in [-0.2, -0.15) is 0 Å². The maximum absolute atomic E-state index is 6.15. The fourth-order valence-corrected chi connectivity index (χ4v) is 3.41. The number of aromatic amines is 1. The van der Waals surface area contributed by atoms with E-state index in [4.69, 9.17) is 28.6 Å². The van der Waals surface area contributed by atoms with Gasteiger partial charge in [-0.05, 0) is 73.9 Å². The van der Waals surface area contributed by atoms with E-state index in [0.29, 0.717) is 5.11 Å². The molecule has 3 aromatic rings. The topological polar surface area (TPSA) is 49.1 Å². The minimum absolute atomic E-state index is 0.588. The van der Waals surface area contributed by atoms with E-state index >= 15 is 0 Å². The Morgan fingerprint density at radius 2 is 2.04 bits per heavy atom. The van der Waals surface area contributed by atoms with E-state index < -0.39 is 0 Å². The number of hydrogen-bond acceptors (Lipinski definition) is 2. The predicted molar refractivity (Wildman–Crippen MR) is 114 cm³/mol. The Morgan fingerprint density at radius 3 is 2.81 bits per heavy atom. The average molecular weight is 388 g/mol. The van der Waals surface area contributed by atoms with Crippen LogP contribution in [0.4, 0.5) is 5.69 Å².